The van der Waals surface area contributed by atoms with E-state index in [-0.39, 0.29) is 11.8 Å². The fraction of sp³-hybridized carbons (Fsp3) is 0.438. The molecule has 1 heterocycles. The van der Waals surface area contributed by atoms with E-state index in [0.29, 0.717) is 42.5 Å². The van der Waals surface area contributed by atoms with Crippen LogP contribution in [0.3, 0.4) is 0 Å². The standard InChI is InChI=1S/C14H18ClN3O3.C2H4O2/c15-10-8-9(2-3-12(10)21-7-1-5-16)13(19)18-11-4-6-17-14(11)20;1-2(3)4/h2-3,8,11H,1,4-7,16H2,(H,17,20)(H,18,19);1H3,(H,3,4). The van der Waals surface area contributed by atoms with Gasteiger partial charge in [-0.05, 0) is 37.6 Å². The van der Waals surface area contributed by atoms with Crippen LogP contribution < -0.4 is 21.1 Å². The number of aliphatic carboxylic acids is 1. The molecule has 0 bridgehead atoms. The molecule has 1 aromatic carbocycles. The molecule has 25 heavy (non-hydrogen) atoms. The van der Waals surface area contributed by atoms with Crippen molar-refractivity contribution in [1.82, 2.24) is 10.6 Å². The summed E-state index contributed by atoms with van der Waals surface area (Å²) in [4.78, 5) is 32.5. The number of nitrogens with two attached hydrogens (primary N) is 1. The van der Waals surface area contributed by atoms with E-state index >= 15 is 0 Å². The van der Waals surface area contributed by atoms with Crippen molar-refractivity contribution in [3.63, 3.8) is 0 Å². The van der Waals surface area contributed by atoms with E-state index in [0.717, 1.165) is 13.3 Å². The summed E-state index contributed by atoms with van der Waals surface area (Å²) in [7, 11) is 0. The Morgan fingerprint density at radius 3 is 2.68 bits per heavy atom. The smallest absolute Gasteiger partial charge is 0.300 e. The Labute approximate surface area is 150 Å². The number of carboxylic acid groups (broad SMARTS) is 1. The molecule has 1 atom stereocenters. The van der Waals surface area contributed by atoms with Crippen molar-refractivity contribution in [3.05, 3.63) is 28.8 Å². The van der Waals surface area contributed by atoms with Crippen LogP contribution in [0.25, 0.3) is 0 Å². The molecule has 8 nitrogen and oxygen atoms in total. The Hall–Kier alpha value is -2.32. The van der Waals surface area contributed by atoms with Gasteiger partial charge in [-0.2, -0.15) is 0 Å². The number of ether oxygens (including phenoxy) is 1. The van der Waals surface area contributed by atoms with Gasteiger partial charge in [0.15, 0.2) is 0 Å². The van der Waals surface area contributed by atoms with E-state index in [1.165, 1.54) is 6.07 Å². The Bertz CT molecular complexity index is 620. The maximum atomic E-state index is 12.1. The molecule has 2 rings (SSSR count). The van der Waals surface area contributed by atoms with Crippen molar-refractivity contribution in [1.29, 1.82) is 0 Å². The van der Waals surface area contributed by atoms with Crippen LogP contribution in [0.15, 0.2) is 18.2 Å². The van der Waals surface area contributed by atoms with Gasteiger partial charge in [0.2, 0.25) is 5.91 Å². The summed E-state index contributed by atoms with van der Waals surface area (Å²) in [5, 5.41) is 13.1. The number of halogens is 1. The molecular formula is C16H22ClN3O5. The fourth-order valence-corrected chi connectivity index (χ4v) is 2.23. The Morgan fingerprint density at radius 1 is 1.48 bits per heavy atom. The molecule has 1 fully saturated rings. The van der Waals surface area contributed by atoms with Crippen molar-refractivity contribution < 1.29 is 24.2 Å². The van der Waals surface area contributed by atoms with Crippen molar-refractivity contribution in [2.24, 2.45) is 5.73 Å². The van der Waals surface area contributed by atoms with Crippen molar-refractivity contribution in [2.45, 2.75) is 25.8 Å². The lowest BCUT2D eigenvalue weighted by atomic mass is 10.1. The van der Waals surface area contributed by atoms with Crippen LogP contribution >= 0.6 is 11.6 Å². The highest BCUT2D eigenvalue weighted by Gasteiger charge is 2.26. The quantitative estimate of drug-likeness (QED) is 0.546. The van der Waals surface area contributed by atoms with Gasteiger partial charge < -0.3 is 26.2 Å². The normalized spacial score (nSPS) is 15.6. The van der Waals surface area contributed by atoms with Gasteiger partial charge in [0.1, 0.15) is 11.8 Å². The minimum atomic E-state index is -0.833. The highest BCUT2D eigenvalue weighted by molar-refractivity contribution is 6.32. The number of benzene rings is 1. The van der Waals surface area contributed by atoms with Crippen LogP contribution in [0, 0.1) is 0 Å². The topological polar surface area (TPSA) is 131 Å². The highest BCUT2D eigenvalue weighted by Crippen LogP contribution is 2.25. The number of amides is 2. The lowest BCUT2D eigenvalue weighted by Gasteiger charge is -2.12. The van der Waals surface area contributed by atoms with Gasteiger partial charge in [-0.15, -0.1) is 0 Å². The van der Waals surface area contributed by atoms with Crippen molar-refractivity contribution in [3.8, 4) is 5.75 Å². The van der Waals surface area contributed by atoms with Crippen LogP contribution in [0.2, 0.25) is 5.02 Å². The summed E-state index contributed by atoms with van der Waals surface area (Å²) in [6.07, 6.45) is 1.33. The first kappa shape index (κ1) is 20.7. The third-order valence-electron chi connectivity index (χ3n) is 3.15. The SMILES string of the molecule is CC(=O)O.NCCCOc1ccc(C(=O)NC2CCNC2=O)cc1Cl. The van der Waals surface area contributed by atoms with Gasteiger partial charge in [-0.1, -0.05) is 11.6 Å². The van der Waals surface area contributed by atoms with Crippen molar-refractivity contribution in [2.75, 3.05) is 19.7 Å². The first-order valence-electron chi connectivity index (χ1n) is 7.75. The van der Waals surface area contributed by atoms with Crippen LogP contribution in [-0.4, -0.2) is 48.6 Å². The monoisotopic (exact) mass is 371 g/mol. The molecule has 0 aliphatic carbocycles. The van der Waals surface area contributed by atoms with Gasteiger partial charge >= 0.3 is 0 Å². The molecule has 0 radical (unpaired) electrons. The van der Waals surface area contributed by atoms with Crippen LogP contribution in [-0.2, 0) is 9.59 Å². The third kappa shape index (κ3) is 7.40. The molecule has 5 N–H and O–H groups in total. The molecule has 1 aromatic rings. The lowest BCUT2D eigenvalue weighted by molar-refractivity contribution is -0.134. The zero-order valence-corrected chi connectivity index (χ0v) is 14.6. The molecule has 0 saturated carbocycles. The molecule has 1 saturated heterocycles. The highest BCUT2D eigenvalue weighted by atomic mass is 35.5. The predicted octanol–water partition coefficient (Wildman–Crippen LogP) is 0.777. The minimum absolute atomic E-state index is 0.156. The maximum absolute atomic E-state index is 12.1. The van der Waals surface area contributed by atoms with E-state index in [1.54, 1.807) is 12.1 Å². The van der Waals surface area contributed by atoms with Crippen LogP contribution in [0.1, 0.15) is 30.1 Å². The van der Waals surface area contributed by atoms with Crippen LogP contribution in [0.5, 0.6) is 5.75 Å². The molecule has 0 spiro atoms. The Balaban J connectivity index is 0.000000705. The second kappa shape index (κ2) is 10.5. The number of carboxylic acids is 1. The average Bonchev–Trinajstić information content (AvgIpc) is 2.93. The zero-order chi connectivity index (χ0) is 18.8. The molecule has 2 amide bonds. The molecule has 138 valence electrons. The summed E-state index contributed by atoms with van der Waals surface area (Å²) >= 11 is 6.08. The van der Waals surface area contributed by atoms with Gasteiger partial charge in [-0.25, -0.2) is 0 Å². The molecule has 1 unspecified atom stereocenters. The zero-order valence-electron chi connectivity index (χ0n) is 13.9. The van der Waals surface area contributed by atoms with Gasteiger partial charge in [-0.3, -0.25) is 14.4 Å². The Kier molecular flexibility index (Phi) is 8.73. The number of rotatable bonds is 6. The molecule has 0 aromatic heterocycles. The van der Waals surface area contributed by atoms with E-state index in [4.69, 9.17) is 32.0 Å². The number of carbonyl (C=O) groups excluding carboxylic acids is 2. The first-order chi connectivity index (χ1) is 11.8. The third-order valence-corrected chi connectivity index (χ3v) is 3.45. The molecule has 1 aliphatic rings. The largest absolute Gasteiger partial charge is 0.492 e. The minimum Gasteiger partial charge on any atom is -0.492 e. The molecule has 1 aliphatic heterocycles. The van der Waals surface area contributed by atoms with Gasteiger partial charge in [0, 0.05) is 19.0 Å². The first-order valence-corrected chi connectivity index (χ1v) is 8.13. The summed E-state index contributed by atoms with van der Waals surface area (Å²) in [5.74, 6) is -0.802. The van der Waals surface area contributed by atoms with E-state index in [1.807, 2.05) is 0 Å². The summed E-state index contributed by atoms with van der Waals surface area (Å²) < 4.78 is 5.45. The fourth-order valence-electron chi connectivity index (χ4n) is 2.00. The number of hydrogen-bond donors (Lipinski definition) is 4. The number of hydrogen-bond acceptors (Lipinski definition) is 5. The second-order valence-corrected chi connectivity index (χ2v) is 5.67. The lowest BCUT2D eigenvalue weighted by Crippen LogP contribution is -2.40. The number of carbonyl (C=O) groups is 3. The number of nitrogens with one attached hydrogen (secondary N) is 2. The van der Waals surface area contributed by atoms with E-state index < -0.39 is 12.0 Å². The second-order valence-electron chi connectivity index (χ2n) is 5.26. The Morgan fingerprint density at radius 2 is 2.16 bits per heavy atom. The summed E-state index contributed by atoms with van der Waals surface area (Å²) in [6.45, 7) is 2.68. The van der Waals surface area contributed by atoms with E-state index in [2.05, 4.69) is 10.6 Å². The summed E-state index contributed by atoms with van der Waals surface area (Å²) in [6, 6.07) is 4.31. The summed E-state index contributed by atoms with van der Waals surface area (Å²) in [5.41, 5.74) is 5.78. The van der Waals surface area contributed by atoms with Crippen LogP contribution in [0.4, 0.5) is 0 Å². The van der Waals surface area contributed by atoms with Gasteiger partial charge in [0.05, 0.1) is 11.6 Å². The predicted molar refractivity (Wildman–Crippen MR) is 92.8 cm³/mol. The van der Waals surface area contributed by atoms with Crippen molar-refractivity contribution >= 4 is 29.4 Å². The molecular weight excluding hydrogens is 350 g/mol. The maximum Gasteiger partial charge on any atom is 0.300 e. The van der Waals surface area contributed by atoms with Gasteiger partial charge in [0.25, 0.3) is 11.9 Å². The molecule has 9 heteroatoms. The average molecular weight is 372 g/mol. The van der Waals surface area contributed by atoms with E-state index in [9.17, 15) is 9.59 Å².